The van der Waals surface area contributed by atoms with Crippen LogP contribution in [0.1, 0.15) is 43.9 Å². The molecule has 0 amide bonds. The highest BCUT2D eigenvalue weighted by molar-refractivity contribution is 6.20. The number of alkyl halides is 1. The van der Waals surface area contributed by atoms with Gasteiger partial charge in [-0.1, -0.05) is 19.9 Å². The Morgan fingerprint density at radius 2 is 1.88 bits per heavy atom. The summed E-state index contributed by atoms with van der Waals surface area (Å²) in [6.07, 6.45) is 0.773. The van der Waals surface area contributed by atoms with Crippen molar-refractivity contribution < 1.29 is 4.39 Å². The van der Waals surface area contributed by atoms with Crippen LogP contribution in [0.15, 0.2) is 12.1 Å². The Morgan fingerprint density at radius 3 is 2.31 bits per heavy atom. The van der Waals surface area contributed by atoms with Crippen LogP contribution in [0.25, 0.3) is 0 Å². The molecule has 0 N–H and O–H groups in total. The Kier molecular flexibility index (Phi) is 4.01. The van der Waals surface area contributed by atoms with E-state index in [2.05, 4.69) is 0 Å². The van der Waals surface area contributed by atoms with Crippen molar-refractivity contribution in [1.82, 2.24) is 0 Å². The van der Waals surface area contributed by atoms with Gasteiger partial charge in [-0.25, -0.2) is 4.39 Å². The van der Waals surface area contributed by atoms with Crippen molar-refractivity contribution in [3.8, 4) is 0 Å². The van der Waals surface area contributed by atoms with E-state index in [0.717, 1.165) is 23.1 Å². The largest absolute Gasteiger partial charge is 0.207 e. The molecule has 0 saturated carbocycles. The van der Waals surface area contributed by atoms with E-state index in [1.807, 2.05) is 40.7 Å². The van der Waals surface area contributed by atoms with Crippen molar-refractivity contribution >= 4 is 11.6 Å². The minimum atomic E-state index is -0.219. The van der Waals surface area contributed by atoms with Crippen molar-refractivity contribution in [2.24, 2.45) is 0 Å². The second-order valence-corrected chi connectivity index (χ2v) is 6.05. The Morgan fingerprint density at radius 1 is 1.31 bits per heavy atom. The van der Waals surface area contributed by atoms with Gasteiger partial charge in [0.1, 0.15) is 5.82 Å². The lowest BCUT2D eigenvalue weighted by Crippen LogP contribution is -2.23. The van der Waals surface area contributed by atoms with E-state index in [0.29, 0.717) is 0 Å². The van der Waals surface area contributed by atoms with Crippen LogP contribution in [0.2, 0.25) is 0 Å². The Bertz CT molecular complexity index is 357. The third-order valence-corrected chi connectivity index (χ3v) is 3.05. The molecule has 0 fully saturated rings. The number of rotatable bonds is 3. The minimum Gasteiger partial charge on any atom is -0.207 e. The van der Waals surface area contributed by atoms with Gasteiger partial charge in [-0.2, -0.15) is 0 Å². The van der Waals surface area contributed by atoms with Crippen molar-refractivity contribution in [3.05, 3.63) is 34.6 Å². The predicted molar refractivity (Wildman–Crippen MR) is 68.8 cm³/mol. The van der Waals surface area contributed by atoms with Gasteiger partial charge in [0.05, 0.1) is 0 Å². The molecule has 1 unspecified atom stereocenters. The highest BCUT2D eigenvalue weighted by atomic mass is 35.5. The molecule has 0 spiro atoms. The summed E-state index contributed by atoms with van der Waals surface area (Å²) >= 11 is 6.03. The number of hydrogen-bond donors (Lipinski definition) is 0. The highest BCUT2D eigenvalue weighted by Crippen LogP contribution is 2.34. The summed E-state index contributed by atoms with van der Waals surface area (Å²) in [5.74, 6) is -0.111. The summed E-state index contributed by atoms with van der Waals surface area (Å²) in [6, 6.07) is 3.63. The van der Waals surface area contributed by atoms with Crippen molar-refractivity contribution in [3.63, 3.8) is 0 Å². The van der Waals surface area contributed by atoms with Crippen LogP contribution in [-0.4, -0.2) is 5.38 Å². The number of hydrogen-bond acceptors (Lipinski definition) is 0. The van der Waals surface area contributed by atoms with Gasteiger partial charge < -0.3 is 0 Å². The number of benzene rings is 1. The van der Waals surface area contributed by atoms with Gasteiger partial charge in [-0.3, -0.25) is 0 Å². The van der Waals surface area contributed by atoms with Gasteiger partial charge in [0.25, 0.3) is 0 Å². The first kappa shape index (κ1) is 13.5. The maximum absolute atomic E-state index is 14.0. The molecule has 0 aliphatic rings. The third-order valence-electron chi connectivity index (χ3n) is 2.90. The summed E-state index contributed by atoms with van der Waals surface area (Å²) in [7, 11) is 0. The van der Waals surface area contributed by atoms with Crippen LogP contribution in [0.3, 0.4) is 0 Å². The van der Waals surface area contributed by atoms with Gasteiger partial charge in [0, 0.05) is 5.38 Å². The fourth-order valence-corrected chi connectivity index (χ4v) is 2.96. The molecule has 1 atom stereocenters. The van der Waals surface area contributed by atoms with Gasteiger partial charge in [0.15, 0.2) is 0 Å². The first-order valence-electron chi connectivity index (χ1n) is 5.65. The second kappa shape index (κ2) is 4.75. The summed E-state index contributed by atoms with van der Waals surface area (Å²) in [4.78, 5) is 0. The van der Waals surface area contributed by atoms with E-state index in [4.69, 9.17) is 11.6 Å². The monoisotopic (exact) mass is 242 g/mol. The molecule has 0 bridgehead atoms. The first-order valence-corrected chi connectivity index (χ1v) is 6.09. The molecule has 0 aliphatic heterocycles. The van der Waals surface area contributed by atoms with Gasteiger partial charge in [-0.05, 0) is 55.4 Å². The Labute approximate surface area is 103 Å². The Balaban J connectivity index is 3.22. The van der Waals surface area contributed by atoms with Crippen LogP contribution in [-0.2, 0) is 5.41 Å². The third kappa shape index (κ3) is 2.98. The van der Waals surface area contributed by atoms with Crippen LogP contribution >= 0.6 is 11.6 Å². The maximum Gasteiger partial charge on any atom is 0.127 e. The molecule has 0 nitrogen and oxygen atoms in total. The SMILES string of the molecule is Cc1cc(C)c(C(C)(C)CC(C)Cl)c(F)c1. The van der Waals surface area contributed by atoms with Crippen LogP contribution < -0.4 is 0 Å². The molecule has 0 saturated heterocycles. The normalized spacial score (nSPS) is 13.9. The fourth-order valence-electron chi connectivity index (χ4n) is 2.58. The average Bonchev–Trinajstić information content (AvgIpc) is 1.96. The molecule has 1 aromatic rings. The molecule has 1 rings (SSSR count). The lowest BCUT2D eigenvalue weighted by atomic mass is 9.78. The molecule has 16 heavy (non-hydrogen) atoms. The maximum atomic E-state index is 14.0. The Hall–Kier alpha value is -0.560. The summed E-state index contributed by atoms with van der Waals surface area (Å²) in [5.41, 5.74) is 2.56. The topological polar surface area (TPSA) is 0 Å². The molecule has 0 heterocycles. The van der Waals surface area contributed by atoms with E-state index < -0.39 is 0 Å². The lowest BCUT2D eigenvalue weighted by molar-refractivity contribution is 0.445. The van der Waals surface area contributed by atoms with E-state index in [1.54, 1.807) is 6.07 Å². The van der Waals surface area contributed by atoms with E-state index in [1.165, 1.54) is 0 Å². The zero-order chi connectivity index (χ0) is 12.5. The summed E-state index contributed by atoms with van der Waals surface area (Å²) < 4.78 is 14.0. The number of aryl methyl sites for hydroxylation is 2. The quantitative estimate of drug-likeness (QED) is 0.672. The van der Waals surface area contributed by atoms with Crippen LogP contribution in [0.4, 0.5) is 4.39 Å². The van der Waals surface area contributed by atoms with E-state index in [-0.39, 0.29) is 16.6 Å². The minimum absolute atomic E-state index is 0.0510. The molecular weight excluding hydrogens is 223 g/mol. The molecule has 0 aromatic heterocycles. The van der Waals surface area contributed by atoms with Gasteiger partial charge in [-0.15, -0.1) is 11.6 Å². The zero-order valence-electron chi connectivity index (χ0n) is 10.7. The molecule has 0 radical (unpaired) electrons. The molecule has 1 aromatic carbocycles. The molecule has 0 aliphatic carbocycles. The number of halogens is 2. The molecule has 2 heteroatoms. The van der Waals surface area contributed by atoms with Crippen molar-refractivity contribution in [2.75, 3.05) is 0 Å². The standard InChI is InChI=1S/C14H20ClF/c1-9-6-10(2)13(12(16)7-9)14(4,5)8-11(3)15/h6-7,11H,8H2,1-5H3. The van der Waals surface area contributed by atoms with Crippen molar-refractivity contribution in [2.45, 2.75) is 51.8 Å². The van der Waals surface area contributed by atoms with Crippen molar-refractivity contribution in [1.29, 1.82) is 0 Å². The molecule has 90 valence electrons. The average molecular weight is 243 g/mol. The van der Waals surface area contributed by atoms with E-state index >= 15 is 0 Å². The smallest absolute Gasteiger partial charge is 0.127 e. The summed E-state index contributed by atoms with van der Waals surface area (Å²) in [6.45, 7) is 9.92. The van der Waals surface area contributed by atoms with Gasteiger partial charge in [0.2, 0.25) is 0 Å². The second-order valence-electron chi connectivity index (χ2n) is 5.31. The zero-order valence-corrected chi connectivity index (χ0v) is 11.5. The summed E-state index contributed by atoms with van der Waals surface area (Å²) in [5, 5.41) is 0.0510. The van der Waals surface area contributed by atoms with Crippen LogP contribution in [0.5, 0.6) is 0 Å². The molecular formula is C14H20ClF. The van der Waals surface area contributed by atoms with E-state index in [9.17, 15) is 4.39 Å². The highest BCUT2D eigenvalue weighted by Gasteiger charge is 2.27. The van der Waals surface area contributed by atoms with Crippen LogP contribution in [0, 0.1) is 19.7 Å². The lowest BCUT2D eigenvalue weighted by Gasteiger charge is -2.29. The fraction of sp³-hybridized carbons (Fsp3) is 0.571. The van der Waals surface area contributed by atoms with Gasteiger partial charge >= 0.3 is 0 Å². The predicted octanol–water partition coefficient (Wildman–Crippen LogP) is 4.74. The first-order chi connectivity index (χ1) is 7.24.